The highest BCUT2D eigenvalue weighted by Gasteiger charge is 2.07. The zero-order chi connectivity index (χ0) is 17.4. The Balaban J connectivity index is 2.04. The van der Waals surface area contributed by atoms with Crippen LogP contribution in [0.5, 0.6) is 5.75 Å². The number of rotatable bonds is 5. The van der Waals surface area contributed by atoms with Gasteiger partial charge in [0, 0.05) is 30.7 Å². The molecule has 6 nitrogen and oxygen atoms in total. The molecule has 0 aromatic heterocycles. The SMILES string of the molecule is CN=C/C(=C\N)c1ccc(NC(=O)Nc2ccccc2OC)cc1. The van der Waals surface area contributed by atoms with E-state index in [1.54, 1.807) is 44.6 Å². The van der Waals surface area contributed by atoms with Crippen LogP contribution in [0, 0.1) is 0 Å². The summed E-state index contributed by atoms with van der Waals surface area (Å²) in [4.78, 5) is 16.0. The fourth-order valence-electron chi connectivity index (χ4n) is 2.13. The number of carbonyl (C=O) groups excluding carboxylic acids is 1. The van der Waals surface area contributed by atoms with E-state index >= 15 is 0 Å². The van der Waals surface area contributed by atoms with Gasteiger partial charge in [-0.3, -0.25) is 4.99 Å². The first-order valence-corrected chi connectivity index (χ1v) is 7.33. The molecule has 2 aromatic carbocycles. The third kappa shape index (κ3) is 4.36. The molecule has 0 radical (unpaired) electrons. The molecule has 0 fully saturated rings. The number of para-hydroxylation sites is 2. The lowest BCUT2D eigenvalue weighted by Gasteiger charge is -2.11. The number of nitrogens with zero attached hydrogens (tertiary/aromatic N) is 1. The minimum absolute atomic E-state index is 0.350. The molecule has 0 aliphatic heterocycles. The molecule has 0 heterocycles. The van der Waals surface area contributed by atoms with Crippen molar-refractivity contribution in [3.8, 4) is 5.75 Å². The van der Waals surface area contributed by atoms with Crippen molar-refractivity contribution in [2.45, 2.75) is 0 Å². The van der Waals surface area contributed by atoms with E-state index in [-0.39, 0.29) is 6.03 Å². The number of urea groups is 1. The van der Waals surface area contributed by atoms with Gasteiger partial charge in [0.25, 0.3) is 0 Å². The minimum atomic E-state index is -0.350. The number of amides is 2. The Kier molecular flexibility index (Phi) is 5.96. The Bertz CT molecular complexity index is 752. The van der Waals surface area contributed by atoms with Crippen molar-refractivity contribution in [3.05, 3.63) is 60.3 Å². The number of allylic oxidation sites excluding steroid dienone is 1. The van der Waals surface area contributed by atoms with Gasteiger partial charge in [0.1, 0.15) is 5.75 Å². The van der Waals surface area contributed by atoms with E-state index in [0.717, 1.165) is 11.1 Å². The van der Waals surface area contributed by atoms with Crippen molar-refractivity contribution < 1.29 is 9.53 Å². The lowest BCUT2D eigenvalue weighted by molar-refractivity contribution is 0.262. The normalized spacial score (nSPS) is 11.3. The molecule has 0 saturated carbocycles. The number of anilines is 2. The Morgan fingerprint density at radius 3 is 2.46 bits per heavy atom. The third-order valence-electron chi connectivity index (χ3n) is 3.28. The zero-order valence-corrected chi connectivity index (χ0v) is 13.6. The van der Waals surface area contributed by atoms with Gasteiger partial charge in [-0.05, 0) is 29.8 Å². The summed E-state index contributed by atoms with van der Waals surface area (Å²) < 4.78 is 5.20. The predicted molar refractivity (Wildman–Crippen MR) is 98.7 cm³/mol. The molecule has 4 N–H and O–H groups in total. The fourth-order valence-corrected chi connectivity index (χ4v) is 2.13. The molecule has 0 aliphatic carbocycles. The molecular weight excluding hydrogens is 304 g/mol. The number of carbonyl (C=O) groups is 1. The number of ether oxygens (including phenoxy) is 1. The first-order valence-electron chi connectivity index (χ1n) is 7.33. The van der Waals surface area contributed by atoms with Crippen molar-refractivity contribution in [3.63, 3.8) is 0 Å². The quantitative estimate of drug-likeness (QED) is 0.737. The second kappa shape index (κ2) is 8.38. The minimum Gasteiger partial charge on any atom is -0.495 e. The molecule has 24 heavy (non-hydrogen) atoms. The van der Waals surface area contributed by atoms with E-state index in [1.807, 2.05) is 24.3 Å². The summed E-state index contributed by atoms with van der Waals surface area (Å²) in [6, 6.07) is 14.2. The van der Waals surface area contributed by atoms with Gasteiger partial charge in [-0.15, -0.1) is 0 Å². The van der Waals surface area contributed by atoms with Crippen LogP contribution in [0.25, 0.3) is 5.57 Å². The number of nitrogens with two attached hydrogens (primary N) is 1. The highest BCUT2D eigenvalue weighted by atomic mass is 16.5. The summed E-state index contributed by atoms with van der Waals surface area (Å²) in [6.07, 6.45) is 3.17. The van der Waals surface area contributed by atoms with Crippen molar-refractivity contribution in [1.29, 1.82) is 0 Å². The highest BCUT2D eigenvalue weighted by Crippen LogP contribution is 2.23. The lowest BCUT2D eigenvalue weighted by atomic mass is 10.1. The van der Waals surface area contributed by atoms with Crippen LogP contribution in [0.1, 0.15) is 5.56 Å². The summed E-state index contributed by atoms with van der Waals surface area (Å²) >= 11 is 0. The standard InChI is InChI=1S/C18H20N4O2/c1-20-12-14(11-19)13-7-9-15(10-8-13)21-18(23)22-16-5-3-4-6-17(16)24-2/h3-12H,19H2,1-2H3,(H2,21,22,23)/b14-11+,20-12?. The van der Waals surface area contributed by atoms with Crippen molar-refractivity contribution in [2.24, 2.45) is 10.7 Å². The van der Waals surface area contributed by atoms with Gasteiger partial charge in [-0.25, -0.2) is 4.79 Å². The lowest BCUT2D eigenvalue weighted by Crippen LogP contribution is -2.19. The van der Waals surface area contributed by atoms with Gasteiger partial charge >= 0.3 is 6.03 Å². The van der Waals surface area contributed by atoms with Crippen LogP contribution in [-0.2, 0) is 0 Å². The average molecular weight is 324 g/mol. The number of methoxy groups -OCH3 is 1. The molecule has 124 valence electrons. The van der Waals surface area contributed by atoms with Gasteiger partial charge in [0.05, 0.1) is 12.8 Å². The van der Waals surface area contributed by atoms with Crippen molar-refractivity contribution in [1.82, 2.24) is 0 Å². The number of hydrogen-bond acceptors (Lipinski definition) is 4. The van der Waals surface area contributed by atoms with Crippen LogP contribution in [0.3, 0.4) is 0 Å². The fraction of sp³-hybridized carbons (Fsp3) is 0.111. The summed E-state index contributed by atoms with van der Waals surface area (Å²) in [5.74, 6) is 0.597. The molecule has 0 unspecified atom stereocenters. The second-order valence-electron chi connectivity index (χ2n) is 4.87. The van der Waals surface area contributed by atoms with Crippen molar-refractivity contribution >= 4 is 29.2 Å². The zero-order valence-electron chi connectivity index (χ0n) is 13.6. The highest BCUT2D eigenvalue weighted by molar-refractivity contribution is 6.09. The van der Waals surface area contributed by atoms with E-state index in [9.17, 15) is 4.79 Å². The smallest absolute Gasteiger partial charge is 0.323 e. The first-order chi connectivity index (χ1) is 11.7. The van der Waals surface area contributed by atoms with Gasteiger partial charge in [0.2, 0.25) is 0 Å². The molecule has 2 amide bonds. The van der Waals surface area contributed by atoms with E-state index in [2.05, 4.69) is 15.6 Å². The van der Waals surface area contributed by atoms with E-state index in [4.69, 9.17) is 10.5 Å². The second-order valence-corrected chi connectivity index (χ2v) is 4.87. The maximum atomic E-state index is 12.1. The summed E-state index contributed by atoms with van der Waals surface area (Å²) in [7, 11) is 3.24. The first kappa shape index (κ1) is 17.1. The molecule has 6 heteroatoms. The number of nitrogens with one attached hydrogen (secondary N) is 2. The largest absolute Gasteiger partial charge is 0.495 e. The summed E-state index contributed by atoms with van der Waals surface area (Å²) in [6.45, 7) is 0. The van der Waals surface area contributed by atoms with Crippen LogP contribution in [0.2, 0.25) is 0 Å². The molecule has 0 atom stereocenters. The van der Waals surface area contributed by atoms with Crippen molar-refractivity contribution in [2.75, 3.05) is 24.8 Å². The Labute approximate surface area is 141 Å². The van der Waals surface area contributed by atoms with Crippen LogP contribution in [0.15, 0.2) is 59.7 Å². The van der Waals surface area contributed by atoms with E-state index in [1.165, 1.54) is 6.20 Å². The maximum absolute atomic E-state index is 12.1. The number of benzene rings is 2. The topological polar surface area (TPSA) is 88.7 Å². The monoisotopic (exact) mass is 324 g/mol. The molecule has 0 aliphatic rings. The Hall–Kier alpha value is -3.28. The van der Waals surface area contributed by atoms with Crippen LogP contribution in [0.4, 0.5) is 16.2 Å². The molecule has 0 saturated heterocycles. The van der Waals surface area contributed by atoms with Crippen LogP contribution < -0.4 is 21.1 Å². The molecular formula is C18H20N4O2. The van der Waals surface area contributed by atoms with Crippen LogP contribution in [-0.4, -0.2) is 26.4 Å². The van der Waals surface area contributed by atoms with Crippen LogP contribution >= 0.6 is 0 Å². The molecule has 0 spiro atoms. The number of hydrogen-bond donors (Lipinski definition) is 3. The Morgan fingerprint density at radius 2 is 1.83 bits per heavy atom. The van der Waals surface area contributed by atoms with Gasteiger partial charge in [0.15, 0.2) is 0 Å². The molecule has 0 bridgehead atoms. The number of aliphatic imine (C=N–C) groups is 1. The maximum Gasteiger partial charge on any atom is 0.323 e. The summed E-state index contributed by atoms with van der Waals surface area (Å²) in [5.41, 5.74) is 8.56. The Morgan fingerprint density at radius 1 is 1.12 bits per heavy atom. The molecule has 2 rings (SSSR count). The molecule has 2 aromatic rings. The van der Waals surface area contributed by atoms with Gasteiger partial charge in [-0.1, -0.05) is 24.3 Å². The third-order valence-corrected chi connectivity index (χ3v) is 3.28. The average Bonchev–Trinajstić information content (AvgIpc) is 2.61. The predicted octanol–water partition coefficient (Wildman–Crippen LogP) is 3.34. The van der Waals surface area contributed by atoms with E-state index < -0.39 is 0 Å². The van der Waals surface area contributed by atoms with Gasteiger partial charge < -0.3 is 21.1 Å². The van der Waals surface area contributed by atoms with E-state index in [0.29, 0.717) is 17.1 Å². The summed E-state index contributed by atoms with van der Waals surface area (Å²) in [5, 5.41) is 5.52. The van der Waals surface area contributed by atoms with Gasteiger partial charge in [-0.2, -0.15) is 0 Å².